The molecular weight excluding hydrogens is 677 g/mol. The van der Waals surface area contributed by atoms with Crippen LogP contribution >= 0.6 is 0 Å². The SMILES string of the molecule is c1ccc(-c2ccc(N(c3ccccc3-c3ccccc3)c3cccc4c3c3ccccc3n4-c3ccccc3-c3ccccc3)c(-c3ccccc3)c2)cc1. The van der Waals surface area contributed by atoms with Crippen LogP contribution in [0.5, 0.6) is 0 Å². The van der Waals surface area contributed by atoms with E-state index in [2.05, 4.69) is 240 Å². The molecule has 56 heavy (non-hydrogen) atoms. The largest absolute Gasteiger partial charge is 0.309 e. The number of nitrogens with zero attached hydrogens (tertiary/aromatic N) is 2. The van der Waals surface area contributed by atoms with E-state index in [0.29, 0.717) is 0 Å². The van der Waals surface area contributed by atoms with Crippen molar-refractivity contribution in [2.24, 2.45) is 0 Å². The summed E-state index contributed by atoms with van der Waals surface area (Å²) in [5, 5.41) is 2.39. The van der Waals surface area contributed by atoms with E-state index >= 15 is 0 Å². The molecule has 1 aromatic heterocycles. The second kappa shape index (κ2) is 14.4. The number of para-hydroxylation sites is 3. The van der Waals surface area contributed by atoms with Crippen LogP contribution in [0, 0.1) is 0 Å². The number of hydrogen-bond donors (Lipinski definition) is 0. The Hall–Kier alpha value is -7.42. The topological polar surface area (TPSA) is 8.17 Å². The van der Waals surface area contributed by atoms with Crippen molar-refractivity contribution in [2.45, 2.75) is 0 Å². The summed E-state index contributed by atoms with van der Waals surface area (Å²) in [6, 6.07) is 83.1. The lowest BCUT2D eigenvalue weighted by atomic mass is 9.95. The first-order chi connectivity index (χ1) is 27.8. The molecule has 0 N–H and O–H groups in total. The minimum atomic E-state index is 1.10. The highest BCUT2D eigenvalue weighted by molar-refractivity contribution is 6.17. The van der Waals surface area contributed by atoms with Crippen molar-refractivity contribution in [1.82, 2.24) is 4.57 Å². The number of anilines is 3. The van der Waals surface area contributed by atoms with Crippen LogP contribution in [-0.2, 0) is 0 Å². The summed E-state index contributed by atoms with van der Waals surface area (Å²) < 4.78 is 2.45. The third-order valence-corrected chi connectivity index (χ3v) is 10.8. The average Bonchev–Trinajstić information content (AvgIpc) is 3.63. The molecule has 10 aromatic rings. The fraction of sp³-hybridized carbons (Fsp3) is 0. The zero-order valence-corrected chi connectivity index (χ0v) is 30.8. The van der Waals surface area contributed by atoms with Crippen LogP contribution in [0.3, 0.4) is 0 Å². The Kier molecular flexibility index (Phi) is 8.55. The standard InChI is InChI=1S/C54H38N2/c1-5-20-39(21-6-1)43-36-37-51(47(38-43)42-26-11-4-12-27-42)56(49-32-17-14-29-45(49)41-24-9-3-10-25-41)53-35-19-34-52-54(53)46-30-15-18-33-50(46)55(52)48-31-16-13-28-44(48)40-22-7-2-8-23-40/h1-38H. The quantitative estimate of drug-likeness (QED) is 0.152. The number of fused-ring (bicyclic) bond motifs is 3. The van der Waals surface area contributed by atoms with E-state index in [1.54, 1.807) is 0 Å². The third kappa shape index (κ3) is 5.85. The number of hydrogen-bond acceptors (Lipinski definition) is 1. The van der Waals surface area contributed by atoms with Crippen LogP contribution in [0.1, 0.15) is 0 Å². The van der Waals surface area contributed by atoms with E-state index < -0.39 is 0 Å². The van der Waals surface area contributed by atoms with Gasteiger partial charge in [-0.05, 0) is 70.3 Å². The van der Waals surface area contributed by atoms with Crippen LogP contribution < -0.4 is 4.90 Å². The zero-order valence-electron chi connectivity index (χ0n) is 30.8. The van der Waals surface area contributed by atoms with Gasteiger partial charge < -0.3 is 9.47 Å². The molecule has 0 amide bonds. The smallest absolute Gasteiger partial charge is 0.0562 e. The molecule has 9 aromatic carbocycles. The van der Waals surface area contributed by atoms with Gasteiger partial charge in [-0.2, -0.15) is 0 Å². The molecular formula is C54H38N2. The fourth-order valence-electron chi connectivity index (χ4n) is 8.29. The summed E-state index contributed by atoms with van der Waals surface area (Å²) >= 11 is 0. The maximum absolute atomic E-state index is 2.50. The van der Waals surface area contributed by atoms with Crippen LogP contribution in [0.4, 0.5) is 17.1 Å². The Morgan fingerprint density at radius 3 is 1.46 bits per heavy atom. The van der Waals surface area contributed by atoms with Gasteiger partial charge in [0, 0.05) is 27.5 Å². The van der Waals surface area contributed by atoms with Gasteiger partial charge >= 0.3 is 0 Å². The van der Waals surface area contributed by atoms with Gasteiger partial charge in [0.05, 0.1) is 33.8 Å². The van der Waals surface area contributed by atoms with Crippen molar-refractivity contribution in [3.05, 3.63) is 231 Å². The number of rotatable bonds is 8. The van der Waals surface area contributed by atoms with Gasteiger partial charge in [-0.25, -0.2) is 0 Å². The maximum atomic E-state index is 2.50. The van der Waals surface area contributed by atoms with E-state index in [1.807, 2.05) is 0 Å². The van der Waals surface area contributed by atoms with Crippen molar-refractivity contribution in [3.63, 3.8) is 0 Å². The molecule has 10 rings (SSSR count). The zero-order chi connectivity index (χ0) is 37.3. The molecule has 0 aliphatic rings. The first kappa shape index (κ1) is 33.2. The monoisotopic (exact) mass is 714 g/mol. The molecule has 0 aliphatic heterocycles. The highest BCUT2D eigenvalue weighted by atomic mass is 15.2. The molecule has 0 spiro atoms. The molecule has 0 radical (unpaired) electrons. The predicted molar refractivity (Wildman–Crippen MR) is 237 cm³/mol. The molecule has 0 saturated carbocycles. The molecule has 0 atom stereocenters. The number of aromatic nitrogens is 1. The molecule has 2 nitrogen and oxygen atoms in total. The van der Waals surface area contributed by atoms with E-state index in [1.165, 1.54) is 38.6 Å². The van der Waals surface area contributed by atoms with E-state index in [-0.39, 0.29) is 0 Å². The van der Waals surface area contributed by atoms with Crippen LogP contribution in [-0.4, -0.2) is 4.57 Å². The summed E-state index contributed by atoms with van der Waals surface area (Å²) in [5.74, 6) is 0. The van der Waals surface area contributed by atoms with Gasteiger partial charge in [-0.1, -0.05) is 188 Å². The minimum absolute atomic E-state index is 1.10. The van der Waals surface area contributed by atoms with Crippen molar-refractivity contribution >= 4 is 38.9 Å². The van der Waals surface area contributed by atoms with Crippen LogP contribution in [0.25, 0.3) is 72.0 Å². The predicted octanol–water partition coefficient (Wildman–Crippen LogP) is 14.9. The van der Waals surface area contributed by atoms with Gasteiger partial charge in [0.15, 0.2) is 0 Å². The normalized spacial score (nSPS) is 11.2. The third-order valence-electron chi connectivity index (χ3n) is 10.8. The minimum Gasteiger partial charge on any atom is -0.309 e. The van der Waals surface area contributed by atoms with Gasteiger partial charge in [-0.15, -0.1) is 0 Å². The van der Waals surface area contributed by atoms with E-state index in [4.69, 9.17) is 0 Å². The molecule has 2 heteroatoms. The van der Waals surface area contributed by atoms with Crippen molar-refractivity contribution in [1.29, 1.82) is 0 Å². The highest BCUT2D eigenvalue weighted by Gasteiger charge is 2.25. The van der Waals surface area contributed by atoms with Crippen molar-refractivity contribution in [3.8, 4) is 50.2 Å². The van der Waals surface area contributed by atoms with Crippen LogP contribution in [0.2, 0.25) is 0 Å². The van der Waals surface area contributed by atoms with Crippen molar-refractivity contribution < 1.29 is 0 Å². The lowest BCUT2D eigenvalue weighted by Crippen LogP contribution is -2.13. The Labute approximate surface area is 327 Å². The lowest BCUT2D eigenvalue weighted by Gasteiger charge is -2.31. The van der Waals surface area contributed by atoms with E-state index in [0.717, 1.165) is 50.5 Å². The Bertz CT molecular complexity index is 2950. The Morgan fingerprint density at radius 1 is 0.286 bits per heavy atom. The fourth-order valence-corrected chi connectivity index (χ4v) is 8.29. The highest BCUT2D eigenvalue weighted by Crippen LogP contribution is 2.49. The summed E-state index contributed by atoms with van der Waals surface area (Å²) in [5.41, 5.74) is 16.2. The Morgan fingerprint density at radius 2 is 0.768 bits per heavy atom. The second-order valence-electron chi connectivity index (χ2n) is 14.1. The van der Waals surface area contributed by atoms with E-state index in [9.17, 15) is 0 Å². The Balaban J connectivity index is 1.31. The van der Waals surface area contributed by atoms with Gasteiger partial charge in [0.1, 0.15) is 0 Å². The lowest BCUT2D eigenvalue weighted by molar-refractivity contribution is 1.18. The molecule has 0 bridgehead atoms. The second-order valence-corrected chi connectivity index (χ2v) is 14.1. The molecule has 0 fully saturated rings. The number of benzene rings is 9. The summed E-state index contributed by atoms with van der Waals surface area (Å²) in [6.07, 6.45) is 0. The average molecular weight is 715 g/mol. The molecule has 0 unspecified atom stereocenters. The molecule has 0 aliphatic carbocycles. The van der Waals surface area contributed by atoms with Crippen molar-refractivity contribution in [2.75, 3.05) is 4.90 Å². The van der Waals surface area contributed by atoms with Crippen LogP contribution in [0.15, 0.2) is 231 Å². The molecule has 264 valence electrons. The summed E-state index contributed by atoms with van der Waals surface area (Å²) in [7, 11) is 0. The summed E-state index contributed by atoms with van der Waals surface area (Å²) in [6.45, 7) is 0. The molecule has 0 saturated heterocycles. The maximum Gasteiger partial charge on any atom is 0.0562 e. The van der Waals surface area contributed by atoms with Gasteiger partial charge in [-0.3, -0.25) is 0 Å². The first-order valence-corrected chi connectivity index (χ1v) is 19.2. The van der Waals surface area contributed by atoms with Gasteiger partial charge in [0.25, 0.3) is 0 Å². The first-order valence-electron chi connectivity index (χ1n) is 19.2. The summed E-state index contributed by atoms with van der Waals surface area (Å²) in [4.78, 5) is 2.50. The molecule has 1 heterocycles. The van der Waals surface area contributed by atoms with Gasteiger partial charge in [0.2, 0.25) is 0 Å².